The van der Waals surface area contributed by atoms with Crippen LogP contribution in [-0.4, -0.2) is 25.8 Å². The van der Waals surface area contributed by atoms with Crippen LogP contribution in [0, 0.1) is 5.92 Å². The van der Waals surface area contributed by atoms with E-state index in [9.17, 15) is 0 Å². The minimum Gasteiger partial charge on any atom is -0.382 e. The third kappa shape index (κ3) is 5.86. The lowest BCUT2D eigenvalue weighted by Crippen LogP contribution is -2.30. The maximum absolute atomic E-state index is 5.34. The average Bonchev–Trinajstić information content (AvgIpc) is 2.54. The van der Waals surface area contributed by atoms with Crippen molar-refractivity contribution in [2.45, 2.75) is 64.8 Å². The Labute approximate surface area is 101 Å². The van der Waals surface area contributed by atoms with E-state index in [2.05, 4.69) is 19.2 Å². The predicted molar refractivity (Wildman–Crippen MR) is 69.8 cm³/mol. The highest BCUT2D eigenvalue weighted by Gasteiger charge is 2.16. The van der Waals surface area contributed by atoms with Crippen LogP contribution in [0.25, 0.3) is 0 Å². The van der Waals surface area contributed by atoms with Crippen LogP contribution in [0.15, 0.2) is 0 Å². The van der Waals surface area contributed by atoms with E-state index in [0.717, 1.165) is 38.1 Å². The van der Waals surface area contributed by atoms with E-state index in [-0.39, 0.29) is 0 Å². The lowest BCUT2D eigenvalue weighted by molar-refractivity contribution is 0.144. The van der Waals surface area contributed by atoms with Crippen molar-refractivity contribution < 1.29 is 4.74 Å². The summed E-state index contributed by atoms with van der Waals surface area (Å²) in [6.07, 6.45) is 9.59. The molecule has 2 nitrogen and oxygen atoms in total. The maximum Gasteiger partial charge on any atom is 0.0477 e. The molecule has 2 heteroatoms. The molecule has 0 bridgehead atoms. The van der Waals surface area contributed by atoms with Gasteiger partial charge in [-0.3, -0.25) is 0 Å². The summed E-state index contributed by atoms with van der Waals surface area (Å²) >= 11 is 0. The summed E-state index contributed by atoms with van der Waals surface area (Å²) in [6.45, 7) is 7.28. The van der Waals surface area contributed by atoms with Gasteiger partial charge in [0, 0.05) is 19.3 Å². The molecular weight excluding hydrogens is 198 g/mol. The zero-order valence-corrected chi connectivity index (χ0v) is 11.1. The fourth-order valence-electron chi connectivity index (χ4n) is 2.62. The first-order chi connectivity index (χ1) is 7.86. The summed E-state index contributed by atoms with van der Waals surface area (Å²) in [7, 11) is 0. The number of hydrogen-bond acceptors (Lipinski definition) is 2. The molecule has 0 spiro atoms. The van der Waals surface area contributed by atoms with Gasteiger partial charge in [-0.05, 0) is 45.1 Å². The Hall–Kier alpha value is -0.0800. The van der Waals surface area contributed by atoms with E-state index in [1.54, 1.807) is 0 Å². The quantitative estimate of drug-likeness (QED) is 0.532. The Kier molecular flexibility index (Phi) is 7.87. The molecule has 1 N–H and O–H groups in total. The van der Waals surface area contributed by atoms with Gasteiger partial charge in [0.25, 0.3) is 0 Å². The van der Waals surface area contributed by atoms with Gasteiger partial charge in [0.15, 0.2) is 0 Å². The zero-order chi connectivity index (χ0) is 11.6. The van der Waals surface area contributed by atoms with E-state index in [0.29, 0.717) is 0 Å². The lowest BCUT2D eigenvalue weighted by atomic mass is 9.98. The van der Waals surface area contributed by atoms with Gasteiger partial charge in [0.2, 0.25) is 0 Å². The molecule has 96 valence electrons. The number of rotatable bonds is 7. The number of nitrogens with one attached hydrogen (secondary N) is 1. The molecule has 0 radical (unpaired) electrons. The summed E-state index contributed by atoms with van der Waals surface area (Å²) < 4.78 is 5.34. The molecule has 1 saturated carbocycles. The van der Waals surface area contributed by atoms with Crippen molar-refractivity contribution in [2.75, 3.05) is 19.8 Å². The number of hydrogen-bond donors (Lipinski definition) is 1. The fraction of sp³-hybridized carbons (Fsp3) is 1.00. The SMILES string of the molecule is CCOCCCNC1CCCC(CC)CC1. The van der Waals surface area contributed by atoms with E-state index < -0.39 is 0 Å². The topological polar surface area (TPSA) is 21.3 Å². The normalized spacial score (nSPS) is 26.6. The first kappa shape index (κ1) is 14.0. The second kappa shape index (κ2) is 9.00. The van der Waals surface area contributed by atoms with Crippen LogP contribution in [-0.2, 0) is 4.74 Å². The van der Waals surface area contributed by atoms with Gasteiger partial charge in [-0.15, -0.1) is 0 Å². The third-order valence-corrected chi connectivity index (χ3v) is 3.77. The fourth-order valence-corrected chi connectivity index (χ4v) is 2.62. The van der Waals surface area contributed by atoms with Gasteiger partial charge in [-0.25, -0.2) is 0 Å². The molecule has 16 heavy (non-hydrogen) atoms. The standard InChI is InChI=1S/C14H29NO/c1-3-13-7-5-8-14(10-9-13)15-11-6-12-16-4-2/h13-15H,3-12H2,1-2H3. The van der Waals surface area contributed by atoms with Crippen LogP contribution in [0.1, 0.15) is 58.8 Å². The molecule has 2 atom stereocenters. The summed E-state index contributed by atoms with van der Waals surface area (Å²) in [4.78, 5) is 0. The predicted octanol–water partition coefficient (Wildman–Crippen LogP) is 3.36. The van der Waals surface area contributed by atoms with Crippen molar-refractivity contribution in [3.05, 3.63) is 0 Å². The van der Waals surface area contributed by atoms with Crippen LogP contribution in [0.2, 0.25) is 0 Å². The van der Waals surface area contributed by atoms with Crippen LogP contribution in [0.5, 0.6) is 0 Å². The molecule has 0 saturated heterocycles. The molecule has 0 aliphatic heterocycles. The van der Waals surface area contributed by atoms with Gasteiger partial charge in [0.05, 0.1) is 0 Å². The molecule has 1 rings (SSSR count). The highest BCUT2D eigenvalue weighted by molar-refractivity contribution is 4.74. The van der Waals surface area contributed by atoms with Gasteiger partial charge in [-0.1, -0.05) is 26.2 Å². The molecule has 0 aromatic rings. The molecule has 0 aromatic carbocycles. The largest absolute Gasteiger partial charge is 0.382 e. The van der Waals surface area contributed by atoms with Crippen LogP contribution in [0.4, 0.5) is 0 Å². The van der Waals surface area contributed by atoms with Gasteiger partial charge in [-0.2, -0.15) is 0 Å². The Bertz CT molecular complexity index is 161. The van der Waals surface area contributed by atoms with Crippen molar-refractivity contribution in [1.82, 2.24) is 5.32 Å². The van der Waals surface area contributed by atoms with Crippen molar-refractivity contribution >= 4 is 0 Å². The minimum atomic E-state index is 0.776. The molecule has 1 aliphatic rings. The van der Waals surface area contributed by atoms with E-state index >= 15 is 0 Å². The minimum absolute atomic E-state index is 0.776. The second-order valence-electron chi connectivity index (χ2n) is 4.98. The Morgan fingerprint density at radius 2 is 2.00 bits per heavy atom. The summed E-state index contributed by atoms with van der Waals surface area (Å²) in [5.41, 5.74) is 0. The Morgan fingerprint density at radius 3 is 2.75 bits per heavy atom. The third-order valence-electron chi connectivity index (χ3n) is 3.77. The van der Waals surface area contributed by atoms with Crippen molar-refractivity contribution in [1.29, 1.82) is 0 Å². The Morgan fingerprint density at radius 1 is 1.12 bits per heavy atom. The smallest absolute Gasteiger partial charge is 0.0477 e. The summed E-state index contributed by atoms with van der Waals surface area (Å²) in [5.74, 6) is 0.996. The highest BCUT2D eigenvalue weighted by atomic mass is 16.5. The van der Waals surface area contributed by atoms with Gasteiger partial charge in [0.1, 0.15) is 0 Å². The first-order valence-electron chi connectivity index (χ1n) is 7.18. The van der Waals surface area contributed by atoms with Crippen LogP contribution in [0.3, 0.4) is 0 Å². The van der Waals surface area contributed by atoms with E-state index in [4.69, 9.17) is 4.74 Å². The van der Waals surface area contributed by atoms with Crippen LogP contribution < -0.4 is 5.32 Å². The Balaban J connectivity index is 2.03. The number of ether oxygens (including phenoxy) is 1. The van der Waals surface area contributed by atoms with Gasteiger partial charge < -0.3 is 10.1 Å². The van der Waals surface area contributed by atoms with E-state index in [1.807, 2.05) is 0 Å². The zero-order valence-electron chi connectivity index (χ0n) is 11.1. The molecule has 0 aromatic heterocycles. The highest BCUT2D eigenvalue weighted by Crippen LogP contribution is 2.25. The van der Waals surface area contributed by atoms with Crippen LogP contribution >= 0.6 is 0 Å². The summed E-state index contributed by atoms with van der Waals surface area (Å²) in [5, 5.41) is 3.69. The molecule has 0 amide bonds. The van der Waals surface area contributed by atoms with Crippen molar-refractivity contribution in [3.8, 4) is 0 Å². The van der Waals surface area contributed by atoms with Crippen molar-refractivity contribution in [2.24, 2.45) is 5.92 Å². The maximum atomic E-state index is 5.34. The molecule has 1 fully saturated rings. The molecule has 1 aliphatic carbocycles. The van der Waals surface area contributed by atoms with Gasteiger partial charge >= 0.3 is 0 Å². The second-order valence-corrected chi connectivity index (χ2v) is 4.98. The van der Waals surface area contributed by atoms with E-state index in [1.165, 1.54) is 38.5 Å². The average molecular weight is 227 g/mol. The first-order valence-corrected chi connectivity index (χ1v) is 7.18. The monoisotopic (exact) mass is 227 g/mol. The molecule has 2 unspecified atom stereocenters. The molecular formula is C14H29NO. The molecule has 0 heterocycles. The summed E-state index contributed by atoms with van der Waals surface area (Å²) in [6, 6.07) is 0.776. The lowest BCUT2D eigenvalue weighted by Gasteiger charge is -2.16. The van der Waals surface area contributed by atoms with Crippen molar-refractivity contribution in [3.63, 3.8) is 0 Å².